The minimum absolute atomic E-state index is 0.171. The number of nitrogens with two attached hydrogens (primary N) is 1. The SMILES string of the molecule is Nc1ccccc1SC1CCOC2(CCSC2)C1. The number of benzene rings is 1. The Labute approximate surface area is 117 Å². The predicted molar refractivity (Wildman–Crippen MR) is 80.4 cm³/mol. The van der Waals surface area contributed by atoms with Crippen molar-refractivity contribution in [2.24, 2.45) is 0 Å². The van der Waals surface area contributed by atoms with E-state index in [0.717, 1.165) is 18.7 Å². The fraction of sp³-hybridized carbons (Fsp3) is 0.571. The lowest BCUT2D eigenvalue weighted by Gasteiger charge is -2.37. The van der Waals surface area contributed by atoms with Crippen LogP contribution in [0.15, 0.2) is 29.2 Å². The smallest absolute Gasteiger partial charge is 0.0791 e. The number of para-hydroxylation sites is 1. The molecule has 2 heterocycles. The average molecular weight is 281 g/mol. The predicted octanol–water partition coefficient (Wildman–Crippen LogP) is 3.42. The Hall–Kier alpha value is -0.320. The summed E-state index contributed by atoms with van der Waals surface area (Å²) in [7, 11) is 0. The second-order valence-corrected chi connectivity index (χ2v) is 7.55. The molecule has 1 aromatic carbocycles. The van der Waals surface area contributed by atoms with E-state index in [4.69, 9.17) is 10.5 Å². The highest BCUT2D eigenvalue weighted by atomic mass is 32.2. The highest BCUT2D eigenvalue weighted by molar-refractivity contribution is 8.00. The zero-order chi connectivity index (χ0) is 12.4. The van der Waals surface area contributed by atoms with E-state index in [1.54, 1.807) is 0 Å². The average Bonchev–Trinajstić information content (AvgIpc) is 2.80. The van der Waals surface area contributed by atoms with Crippen LogP contribution in [0.4, 0.5) is 5.69 Å². The van der Waals surface area contributed by atoms with Crippen LogP contribution >= 0.6 is 23.5 Å². The quantitative estimate of drug-likeness (QED) is 0.843. The summed E-state index contributed by atoms with van der Waals surface area (Å²) in [5, 5.41) is 0.655. The first-order chi connectivity index (χ1) is 8.77. The zero-order valence-electron chi connectivity index (χ0n) is 10.4. The number of hydrogen-bond acceptors (Lipinski definition) is 4. The standard InChI is InChI=1S/C14H19NOS2/c15-12-3-1-2-4-13(12)18-11-5-7-16-14(9-11)6-8-17-10-14/h1-4,11H,5-10,15H2. The van der Waals surface area contributed by atoms with Gasteiger partial charge in [0.25, 0.3) is 0 Å². The second kappa shape index (κ2) is 5.35. The van der Waals surface area contributed by atoms with Gasteiger partial charge in [0, 0.05) is 28.2 Å². The maximum atomic E-state index is 6.06. The molecule has 3 rings (SSSR count). The number of nitrogen functional groups attached to an aromatic ring is 1. The molecular formula is C14H19NOS2. The summed E-state index contributed by atoms with van der Waals surface area (Å²) in [6.07, 6.45) is 3.55. The molecule has 98 valence electrons. The summed E-state index contributed by atoms with van der Waals surface area (Å²) in [5.41, 5.74) is 7.10. The molecule has 0 bridgehead atoms. The largest absolute Gasteiger partial charge is 0.398 e. The summed E-state index contributed by atoms with van der Waals surface area (Å²) >= 11 is 3.97. The number of rotatable bonds is 2. The molecule has 2 fully saturated rings. The van der Waals surface area contributed by atoms with Gasteiger partial charge in [-0.2, -0.15) is 11.8 Å². The minimum atomic E-state index is 0.171. The van der Waals surface area contributed by atoms with E-state index in [0.29, 0.717) is 5.25 Å². The lowest BCUT2D eigenvalue weighted by Crippen LogP contribution is -2.40. The van der Waals surface area contributed by atoms with Crippen LogP contribution in [0.1, 0.15) is 19.3 Å². The first kappa shape index (κ1) is 12.7. The van der Waals surface area contributed by atoms with Gasteiger partial charge >= 0.3 is 0 Å². The Balaban J connectivity index is 1.68. The molecule has 2 nitrogen and oxygen atoms in total. The molecule has 1 spiro atoms. The van der Waals surface area contributed by atoms with Gasteiger partial charge in [-0.1, -0.05) is 12.1 Å². The topological polar surface area (TPSA) is 35.2 Å². The van der Waals surface area contributed by atoms with Gasteiger partial charge < -0.3 is 10.5 Å². The van der Waals surface area contributed by atoms with Gasteiger partial charge in [-0.15, -0.1) is 11.8 Å². The van der Waals surface area contributed by atoms with Gasteiger partial charge in [0.15, 0.2) is 0 Å². The Morgan fingerprint density at radius 2 is 2.28 bits per heavy atom. The summed E-state index contributed by atoms with van der Waals surface area (Å²) in [6.45, 7) is 0.908. The third-order valence-corrected chi connectivity index (χ3v) is 6.31. The van der Waals surface area contributed by atoms with E-state index >= 15 is 0 Å². The molecule has 0 saturated carbocycles. The third-order valence-electron chi connectivity index (χ3n) is 3.73. The Kier molecular flexibility index (Phi) is 3.78. The molecule has 0 aromatic heterocycles. The van der Waals surface area contributed by atoms with Gasteiger partial charge in [-0.25, -0.2) is 0 Å². The van der Waals surface area contributed by atoms with Gasteiger partial charge in [-0.05, 0) is 37.1 Å². The van der Waals surface area contributed by atoms with Crippen molar-refractivity contribution in [1.82, 2.24) is 0 Å². The highest BCUT2D eigenvalue weighted by Crippen LogP contribution is 2.43. The highest BCUT2D eigenvalue weighted by Gasteiger charge is 2.40. The number of thioether (sulfide) groups is 2. The van der Waals surface area contributed by atoms with Gasteiger partial charge in [0.2, 0.25) is 0 Å². The Morgan fingerprint density at radius 1 is 1.39 bits per heavy atom. The molecular weight excluding hydrogens is 262 g/mol. The fourth-order valence-corrected chi connectivity index (χ4v) is 5.41. The lowest BCUT2D eigenvalue weighted by molar-refractivity contribution is -0.0562. The van der Waals surface area contributed by atoms with Crippen LogP contribution in [0.2, 0.25) is 0 Å². The summed E-state index contributed by atoms with van der Waals surface area (Å²) in [5.74, 6) is 2.43. The van der Waals surface area contributed by atoms with Crippen LogP contribution in [-0.4, -0.2) is 29.0 Å². The Bertz CT molecular complexity index is 418. The van der Waals surface area contributed by atoms with E-state index in [9.17, 15) is 0 Å². The van der Waals surface area contributed by atoms with Crippen LogP contribution < -0.4 is 5.73 Å². The molecule has 18 heavy (non-hydrogen) atoms. The van der Waals surface area contributed by atoms with Crippen molar-refractivity contribution in [3.63, 3.8) is 0 Å². The number of ether oxygens (including phenoxy) is 1. The van der Waals surface area contributed by atoms with Crippen molar-refractivity contribution in [2.45, 2.75) is 35.0 Å². The second-order valence-electron chi connectivity index (χ2n) is 5.10. The summed E-state index contributed by atoms with van der Waals surface area (Å²) in [6, 6.07) is 8.19. The molecule has 2 saturated heterocycles. The molecule has 2 aliphatic heterocycles. The van der Waals surface area contributed by atoms with Crippen molar-refractivity contribution in [2.75, 3.05) is 23.8 Å². The van der Waals surface area contributed by atoms with Crippen LogP contribution in [-0.2, 0) is 4.74 Å². The molecule has 0 radical (unpaired) electrons. The Morgan fingerprint density at radius 3 is 3.06 bits per heavy atom. The molecule has 0 aliphatic carbocycles. The lowest BCUT2D eigenvalue weighted by atomic mass is 9.93. The van der Waals surface area contributed by atoms with E-state index in [1.165, 1.54) is 29.2 Å². The fourth-order valence-electron chi connectivity index (χ4n) is 2.71. The van der Waals surface area contributed by atoms with Crippen molar-refractivity contribution in [3.05, 3.63) is 24.3 Å². The summed E-state index contributed by atoms with van der Waals surface area (Å²) < 4.78 is 6.06. The van der Waals surface area contributed by atoms with Crippen LogP contribution in [0.3, 0.4) is 0 Å². The molecule has 2 N–H and O–H groups in total. The van der Waals surface area contributed by atoms with E-state index in [1.807, 2.05) is 35.7 Å². The monoisotopic (exact) mass is 281 g/mol. The number of hydrogen-bond donors (Lipinski definition) is 1. The van der Waals surface area contributed by atoms with Gasteiger partial charge in [-0.3, -0.25) is 0 Å². The molecule has 2 atom stereocenters. The van der Waals surface area contributed by atoms with Gasteiger partial charge in [0.05, 0.1) is 5.60 Å². The van der Waals surface area contributed by atoms with Gasteiger partial charge in [0.1, 0.15) is 0 Å². The zero-order valence-corrected chi connectivity index (χ0v) is 12.1. The maximum Gasteiger partial charge on any atom is 0.0791 e. The van der Waals surface area contributed by atoms with Crippen molar-refractivity contribution >= 4 is 29.2 Å². The maximum absolute atomic E-state index is 6.06. The van der Waals surface area contributed by atoms with Crippen LogP contribution in [0, 0.1) is 0 Å². The van der Waals surface area contributed by atoms with Crippen LogP contribution in [0.25, 0.3) is 0 Å². The molecule has 2 aliphatic rings. The van der Waals surface area contributed by atoms with Crippen molar-refractivity contribution in [1.29, 1.82) is 0 Å². The first-order valence-corrected chi connectivity index (χ1v) is 8.54. The van der Waals surface area contributed by atoms with Crippen molar-refractivity contribution in [3.8, 4) is 0 Å². The number of anilines is 1. The normalized spacial score (nSPS) is 31.9. The molecule has 4 heteroatoms. The molecule has 0 amide bonds. The molecule has 1 aromatic rings. The van der Waals surface area contributed by atoms with E-state index in [-0.39, 0.29) is 5.60 Å². The van der Waals surface area contributed by atoms with Crippen LogP contribution in [0.5, 0.6) is 0 Å². The third kappa shape index (κ3) is 2.65. The minimum Gasteiger partial charge on any atom is -0.398 e. The summed E-state index contributed by atoms with van der Waals surface area (Å²) in [4.78, 5) is 1.23. The van der Waals surface area contributed by atoms with E-state index in [2.05, 4.69) is 12.1 Å². The van der Waals surface area contributed by atoms with E-state index < -0.39 is 0 Å². The first-order valence-electron chi connectivity index (χ1n) is 6.50. The van der Waals surface area contributed by atoms with Crippen molar-refractivity contribution < 1.29 is 4.74 Å². The molecule has 2 unspecified atom stereocenters.